The molecule has 0 aliphatic carbocycles. The molecule has 98 valence electrons. The molecule has 4 nitrogen and oxygen atoms in total. The molecular formula is C15H17N3O. The van der Waals surface area contributed by atoms with E-state index in [9.17, 15) is 4.79 Å². The first-order chi connectivity index (χ1) is 9.29. The fraction of sp³-hybridized carbons (Fsp3) is 0.200. The number of pyridine rings is 1. The Bertz CT molecular complexity index is 540. The van der Waals surface area contributed by atoms with Crippen LogP contribution in [0.5, 0.6) is 0 Å². The molecule has 1 amide bonds. The molecule has 0 saturated heterocycles. The molecular weight excluding hydrogens is 238 g/mol. The van der Waals surface area contributed by atoms with Crippen molar-refractivity contribution in [1.82, 2.24) is 10.3 Å². The predicted octanol–water partition coefficient (Wildman–Crippen LogP) is 2.44. The normalized spacial score (nSPS) is 9.95. The van der Waals surface area contributed by atoms with Gasteiger partial charge in [0.2, 0.25) is 0 Å². The molecule has 0 aliphatic rings. The molecule has 1 heterocycles. The lowest BCUT2D eigenvalue weighted by Gasteiger charge is -2.08. The summed E-state index contributed by atoms with van der Waals surface area (Å²) in [7, 11) is 0. The van der Waals surface area contributed by atoms with Crippen LogP contribution in [0, 0.1) is 0 Å². The average Bonchev–Trinajstić information content (AvgIpc) is 2.47. The Morgan fingerprint density at radius 3 is 2.89 bits per heavy atom. The zero-order valence-corrected chi connectivity index (χ0v) is 10.9. The summed E-state index contributed by atoms with van der Waals surface area (Å²) in [5.74, 6) is -0.0486. The summed E-state index contributed by atoms with van der Waals surface area (Å²) in [6, 6.07) is 11.4. The fourth-order valence-corrected chi connectivity index (χ4v) is 1.74. The van der Waals surface area contributed by atoms with Gasteiger partial charge in [0.05, 0.1) is 0 Å². The number of carbonyl (C=O) groups is 1. The van der Waals surface area contributed by atoms with Crippen LogP contribution in [0.1, 0.15) is 22.8 Å². The molecule has 0 fully saturated rings. The Morgan fingerprint density at radius 1 is 1.26 bits per heavy atom. The van der Waals surface area contributed by atoms with Gasteiger partial charge in [0.1, 0.15) is 0 Å². The molecule has 0 aliphatic heterocycles. The maximum atomic E-state index is 11.7. The van der Waals surface area contributed by atoms with E-state index in [1.165, 1.54) is 0 Å². The quantitative estimate of drug-likeness (QED) is 0.862. The van der Waals surface area contributed by atoms with E-state index in [1.54, 1.807) is 12.3 Å². The van der Waals surface area contributed by atoms with Crippen molar-refractivity contribution < 1.29 is 4.79 Å². The SMILES string of the molecule is CCNC(=O)c1cccc(NCc2cccnc2)c1. The lowest BCUT2D eigenvalue weighted by atomic mass is 10.2. The van der Waals surface area contributed by atoms with Crippen LogP contribution in [0.25, 0.3) is 0 Å². The number of nitrogens with zero attached hydrogens (tertiary/aromatic N) is 1. The molecule has 0 bridgehead atoms. The van der Waals surface area contributed by atoms with Gasteiger partial charge in [0, 0.05) is 36.7 Å². The first-order valence-corrected chi connectivity index (χ1v) is 6.30. The Hall–Kier alpha value is -2.36. The van der Waals surface area contributed by atoms with Crippen molar-refractivity contribution in [2.24, 2.45) is 0 Å². The Kier molecular flexibility index (Phi) is 4.50. The molecule has 0 spiro atoms. The van der Waals surface area contributed by atoms with Gasteiger partial charge in [-0.15, -0.1) is 0 Å². The van der Waals surface area contributed by atoms with Crippen LogP contribution < -0.4 is 10.6 Å². The average molecular weight is 255 g/mol. The molecule has 19 heavy (non-hydrogen) atoms. The molecule has 1 aromatic carbocycles. The standard InChI is InChI=1S/C15H17N3O/c1-2-17-15(19)13-6-3-7-14(9-13)18-11-12-5-4-8-16-10-12/h3-10,18H,2,11H2,1H3,(H,17,19). The lowest BCUT2D eigenvalue weighted by molar-refractivity contribution is 0.0956. The van der Waals surface area contributed by atoms with Crippen molar-refractivity contribution in [2.75, 3.05) is 11.9 Å². The number of rotatable bonds is 5. The molecule has 2 N–H and O–H groups in total. The van der Waals surface area contributed by atoms with Gasteiger partial charge < -0.3 is 10.6 Å². The number of hydrogen-bond donors (Lipinski definition) is 2. The molecule has 0 radical (unpaired) electrons. The van der Waals surface area contributed by atoms with Gasteiger partial charge in [-0.05, 0) is 36.8 Å². The highest BCUT2D eigenvalue weighted by Gasteiger charge is 2.04. The largest absolute Gasteiger partial charge is 0.381 e. The van der Waals surface area contributed by atoms with Crippen molar-refractivity contribution in [3.8, 4) is 0 Å². The first kappa shape index (κ1) is 13.1. The maximum Gasteiger partial charge on any atom is 0.251 e. The van der Waals surface area contributed by atoms with Crippen molar-refractivity contribution >= 4 is 11.6 Å². The van der Waals surface area contributed by atoms with Crippen LogP contribution in [-0.4, -0.2) is 17.4 Å². The van der Waals surface area contributed by atoms with E-state index in [1.807, 2.05) is 43.5 Å². The zero-order valence-electron chi connectivity index (χ0n) is 10.9. The Morgan fingerprint density at radius 2 is 2.16 bits per heavy atom. The minimum Gasteiger partial charge on any atom is -0.381 e. The molecule has 2 aromatic rings. The number of anilines is 1. The molecule has 0 saturated carbocycles. The van der Waals surface area contributed by atoms with E-state index < -0.39 is 0 Å². The molecule has 0 atom stereocenters. The highest BCUT2D eigenvalue weighted by molar-refractivity contribution is 5.95. The van der Waals surface area contributed by atoms with Crippen LogP contribution >= 0.6 is 0 Å². The van der Waals surface area contributed by atoms with E-state index in [-0.39, 0.29) is 5.91 Å². The number of amides is 1. The number of nitrogens with one attached hydrogen (secondary N) is 2. The number of benzene rings is 1. The van der Waals surface area contributed by atoms with Crippen LogP contribution in [0.2, 0.25) is 0 Å². The van der Waals surface area contributed by atoms with E-state index >= 15 is 0 Å². The van der Waals surface area contributed by atoms with Crippen LogP contribution in [0.3, 0.4) is 0 Å². The van der Waals surface area contributed by atoms with Crippen LogP contribution in [-0.2, 0) is 6.54 Å². The summed E-state index contributed by atoms with van der Waals surface area (Å²) in [6.45, 7) is 3.22. The summed E-state index contributed by atoms with van der Waals surface area (Å²) >= 11 is 0. The third-order valence-corrected chi connectivity index (χ3v) is 2.68. The van der Waals surface area contributed by atoms with Gasteiger partial charge in [-0.3, -0.25) is 9.78 Å². The topological polar surface area (TPSA) is 54.0 Å². The Balaban J connectivity index is 2.01. The summed E-state index contributed by atoms with van der Waals surface area (Å²) < 4.78 is 0. The van der Waals surface area contributed by atoms with Gasteiger partial charge in [-0.2, -0.15) is 0 Å². The second-order valence-corrected chi connectivity index (χ2v) is 4.16. The highest BCUT2D eigenvalue weighted by Crippen LogP contribution is 2.12. The third kappa shape index (κ3) is 3.81. The smallest absolute Gasteiger partial charge is 0.251 e. The van der Waals surface area contributed by atoms with Crippen molar-refractivity contribution in [2.45, 2.75) is 13.5 Å². The number of aromatic nitrogens is 1. The molecule has 0 unspecified atom stereocenters. The van der Waals surface area contributed by atoms with Gasteiger partial charge >= 0.3 is 0 Å². The zero-order chi connectivity index (χ0) is 13.5. The third-order valence-electron chi connectivity index (χ3n) is 2.68. The highest BCUT2D eigenvalue weighted by atomic mass is 16.1. The monoisotopic (exact) mass is 255 g/mol. The van der Waals surface area contributed by atoms with Crippen molar-refractivity contribution in [1.29, 1.82) is 0 Å². The second kappa shape index (κ2) is 6.54. The van der Waals surface area contributed by atoms with Crippen LogP contribution in [0.4, 0.5) is 5.69 Å². The molecule has 2 rings (SSSR count). The summed E-state index contributed by atoms with van der Waals surface area (Å²) in [4.78, 5) is 15.8. The molecule has 1 aromatic heterocycles. The number of carbonyl (C=O) groups excluding carboxylic acids is 1. The van der Waals surface area contributed by atoms with Gasteiger partial charge in [0.25, 0.3) is 5.91 Å². The summed E-state index contributed by atoms with van der Waals surface area (Å²) in [5.41, 5.74) is 2.69. The second-order valence-electron chi connectivity index (χ2n) is 4.16. The van der Waals surface area contributed by atoms with Crippen LogP contribution in [0.15, 0.2) is 48.8 Å². The predicted molar refractivity (Wildman–Crippen MR) is 76.0 cm³/mol. The fourth-order valence-electron chi connectivity index (χ4n) is 1.74. The van der Waals surface area contributed by atoms with Crippen molar-refractivity contribution in [3.05, 3.63) is 59.9 Å². The van der Waals surface area contributed by atoms with Gasteiger partial charge in [0.15, 0.2) is 0 Å². The first-order valence-electron chi connectivity index (χ1n) is 6.30. The maximum absolute atomic E-state index is 11.7. The minimum absolute atomic E-state index is 0.0486. The molecule has 4 heteroatoms. The van der Waals surface area contributed by atoms with E-state index in [2.05, 4.69) is 15.6 Å². The Labute approximate surface area is 112 Å². The van der Waals surface area contributed by atoms with Crippen molar-refractivity contribution in [3.63, 3.8) is 0 Å². The van der Waals surface area contributed by atoms with Gasteiger partial charge in [-0.1, -0.05) is 12.1 Å². The van der Waals surface area contributed by atoms with E-state index in [4.69, 9.17) is 0 Å². The van der Waals surface area contributed by atoms with E-state index in [0.717, 1.165) is 11.3 Å². The number of hydrogen-bond acceptors (Lipinski definition) is 3. The minimum atomic E-state index is -0.0486. The van der Waals surface area contributed by atoms with E-state index in [0.29, 0.717) is 18.7 Å². The summed E-state index contributed by atoms with van der Waals surface area (Å²) in [5, 5.41) is 6.06. The summed E-state index contributed by atoms with van der Waals surface area (Å²) in [6.07, 6.45) is 3.57. The van der Waals surface area contributed by atoms with Gasteiger partial charge in [-0.25, -0.2) is 0 Å². The lowest BCUT2D eigenvalue weighted by Crippen LogP contribution is -2.22.